The summed E-state index contributed by atoms with van der Waals surface area (Å²) in [6, 6.07) is 22.8. The van der Waals surface area contributed by atoms with E-state index in [0.717, 1.165) is 34.7 Å². The molecule has 11 heteroatoms. The molecule has 0 bridgehead atoms. The number of aliphatic hydroxyl groups excluding tert-OH is 1. The highest BCUT2D eigenvalue weighted by Crippen LogP contribution is 2.39. The zero-order valence-electron chi connectivity index (χ0n) is 24.9. The van der Waals surface area contributed by atoms with E-state index in [1.807, 2.05) is 60.7 Å². The predicted octanol–water partition coefficient (Wildman–Crippen LogP) is 3.61. The zero-order chi connectivity index (χ0) is 31.2. The number of rotatable bonds is 9. The van der Waals surface area contributed by atoms with E-state index in [9.17, 15) is 19.5 Å². The minimum Gasteiger partial charge on any atom is -0.445 e. The number of benzene rings is 3. The van der Waals surface area contributed by atoms with E-state index in [0.29, 0.717) is 37.4 Å². The Bertz CT molecular complexity index is 1480. The molecular weight excluding hydrogens is 578 g/mol. The van der Waals surface area contributed by atoms with Gasteiger partial charge >= 0.3 is 6.09 Å². The van der Waals surface area contributed by atoms with Gasteiger partial charge in [0.25, 0.3) is 5.91 Å². The normalized spacial score (nSPS) is 24.1. The Kier molecular flexibility index (Phi) is 9.82. The maximum Gasteiger partial charge on any atom is 0.408 e. The summed E-state index contributed by atoms with van der Waals surface area (Å²) < 4.78 is 23.7. The van der Waals surface area contributed by atoms with Crippen molar-refractivity contribution in [3.05, 3.63) is 101 Å². The van der Waals surface area contributed by atoms with Gasteiger partial charge in [-0.3, -0.25) is 14.5 Å². The second kappa shape index (κ2) is 14.3. The van der Waals surface area contributed by atoms with Crippen molar-refractivity contribution in [3.8, 4) is 0 Å². The van der Waals surface area contributed by atoms with Crippen LogP contribution in [-0.2, 0) is 41.8 Å². The van der Waals surface area contributed by atoms with Crippen LogP contribution in [0.4, 0.5) is 10.5 Å². The van der Waals surface area contributed by atoms with E-state index in [-0.39, 0.29) is 31.8 Å². The third kappa shape index (κ3) is 7.58. The van der Waals surface area contributed by atoms with Crippen molar-refractivity contribution in [2.45, 2.75) is 50.6 Å². The Labute approximate surface area is 261 Å². The van der Waals surface area contributed by atoms with Gasteiger partial charge in [-0.1, -0.05) is 66.7 Å². The number of alkyl carbamates (subject to hydrolysis) is 1. The van der Waals surface area contributed by atoms with Gasteiger partial charge in [-0.15, -0.1) is 0 Å². The first-order valence-corrected chi connectivity index (χ1v) is 15.2. The highest BCUT2D eigenvalue weighted by Gasteiger charge is 2.41. The SMILES string of the molecule is O=C(NC1CC(=O)N(c2cccc([C@H]3O[C@@H](CN4CCOCC4)C[C@@H](c4ccc(CO)cc4)O3)c2)C1=O)OCc1ccccc1. The van der Waals surface area contributed by atoms with Crippen molar-refractivity contribution in [3.63, 3.8) is 0 Å². The van der Waals surface area contributed by atoms with Gasteiger partial charge in [-0.05, 0) is 28.8 Å². The summed E-state index contributed by atoms with van der Waals surface area (Å²) in [4.78, 5) is 42.2. The van der Waals surface area contributed by atoms with Crippen LogP contribution in [-0.4, -0.2) is 72.9 Å². The Hall–Kier alpha value is -4.13. The molecule has 3 aliphatic heterocycles. The van der Waals surface area contributed by atoms with E-state index >= 15 is 0 Å². The van der Waals surface area contributed by atoms with Gasteiger partial charge in [0, 0.05) is 31.6 Å². The number of amides is 3. The molecule has 1 unspecified atom stereocenters. The maximum absolute atomic E-state index is 13.3. The summed E-state index contributed by atoms with van der Waals surface area (Å²) >= 11 is 0. The fraction of sp³-hybridized carbons (Fsp3) is 0.382. The molecule has 4 atom stereocenters. The Balaban J connectivity index is 1.16. The lowest BCUT2D eigenvalue weighted by Crippen LogP contribution is -2.44. The Morgan fingerprint density at radius 2 is 1.69 bits per heavy atom. The second-order valence-electron chi connectivity index (χ2n) is 11.4. The number of morpholine rings is 1. The Morgan fingerprint density at radius 1 is 0.911 bits per heavy atom. The van der Waals surface area contributed by atoms with Gasteiger partial charge in [-0.2, -0.15) is 0 Å². The molecule has 3 fully saturated rings. The standard InChI is InChI=1S/C34H37N3O8/c38-21-23-9-11-25(12-10-23)30-18-28(20-36-13-15-42-16-14-36)44-33(45-30)26-7-4-8-27(17-26)37-31(39)19-29(32(37)40)35-34(41)43-22-24-5-2-1-3-6-24/h1-12,17,28-30,33,38H,13-16,18-22H2,(H,35,41)/t28-,29?,30+,33+/m1/s1. The highest BCUT2D eigenvalue weighted by molar-refractivity contribution is 6.22. The molecular formula is C34H37N3O8. The summed E-state index contributed by atoms with van der Waals surface area (Å²) in [5.74, 6) is -0.964. The molecule has 2 N–H and O–H groups in total. The average Bonchev–Trinajstić information content (AvgIpc) is 3.36. The maximum atomic E-state index is 13.3. The van der Waals surface area contributed by atoms with Crippen LogP contribution in [0.15, 0.2) is 78.9 Å². The van der Waals surface area contributed by atoms with Gasteiger partial charge < -0.3 is 29.4 Å². The second-order valence-corrected chi connectivity index (χ2v) is 11.4. The number of ether oxygens (including phenoxy) is 4. The lowest BCUT2D eigenvalue weighted by Gasteiger charge is -2.39. The van der Waals surface area contributed by atoms with Gasteiger partial charge in [0.15, 0.2) is 6.29 Å². The summed E-state index contributed by atoms with van der Waals surface area (Å²) in [5, 5.41) is 12.0. The van der Waals surface area contributed by atoms with Crippen LogP contribution >= 0.6 is 0 Å². The molecule has 11 nitrogen and oxygen atoms in total. The largest absolute Gasteiger partial charge is 0.445 e. The van der Waals surface area contributed by atoms with E-state index in [1.54, 1.807) is 18.2 Å². The molecule has 0 aromatic heterocycles. The van der Waals surface area contributed by atoms with Gasteiger partial charge in [-0.25, -0.2) is 9.69 Å². The summed E-state index contributed by atoms with van der Waals surface area (Å²) in [5.41, 5.74) is 3.63. The number of nitrogens with zero attached hydrogens (tertiary/aromatic N) is 2. The van der Waals surface area contributed by atoms with Gasteiger partial charge in [0.1, 0.15) is 12.6 Å². The van der Waals surface area contributed by atoms with Crippen LogP contribution in [0, 0.1) is 0 Å². The molecule has 3 aromatic rings. The minimum absolute atomic E-state index is 0.0385. The first-order chi connectivity index (χ1) is 22.0. The molecule has 3 heterocycles. The number of aliphatic hydroxyl groups is 1. The molecule has 3 amide bonds. The van der Waals surface area contributed by atoms with Crippen LogP contribution in [0.3, 0.4) is 0 Å². The molecule has 45 heavy (non-hydrogen) atoms. The Morgan fingerprint density at radius 3 is 2.44 bits per heavy atom. The number of imide groups is 1. The molecule has 236 valence electrons. The van der Waals surface area contributed by atoms with Crippen LogP contribution in [0.1, 0.15) is 47.5 Å². The van der Waals surface area contributed by atoms with Gasteiger partial charge in [0.05, 0.1) is 44.1 Å². The lowest BCUT2D eigenvalue weighted by molar-refractivity contribution is -0.253. The van der Waals surface area contributed by atoms with Crippen molar-refractivity contribution >= 4 is 23.6 Å². The third-order valence-electron chi connectivity index (χ3n) is 8.23. The molecule has 0 spiro atoms. The van der Waals surface area contributed by atoms with Crippen LogP contribution in [0.25, 0.3) is 0 Å². The van der Waals surface area contributed by atoms with E-state index < -0.39 is 30.2 Å². The van der Waals surface area contributed by atoms with E-state index in [2.05, 4.69) is 10.2 Å². The van der Waals surface area contributed by atoms with Crippen LogP contribution < -0.4 is 10.2 Å². The molecule has 6 rings (SSSR count). The molecule has 3 aliphatic rings. The number of nitrogens with one attached hydrogen (secondary N) is 1. The minimum atomic E-state index is -1.03. The van der Waals surface area contributed by atoms with Crippen LogP contribution in [0.5, 0.6) is 0 Å². The number of carbonyl (C=O) groups excluding carboxylic acids is 3. The van der Waals surface area contributed by atoms with Crippen molar-refractivity contribution in [2.75, 3.05) is 37.7 Å². The van der Waals surface area contributed by atoms with Gasteiger partial charge in [0.2, 0.25) is 5.91 Å². The summed E-state index contributed by atoms with van der Waals surface area (Å²) in [7, 11) is 0. The average molecular weight is 616 g/mol. The van der Waals surface area contributed by atoms with E-state index in [1.165, 1.54) is 0 Å². The monoisotopic (exact) mass is 615 g/mol. The van der Waals surface area contributed by atoms with Crippen molar-refractivity contribution in [2.24, 2.45) is 0 Å². The first kappa shape index (κ1) is 30.9. The van der Waals surface area contributed by atoms with Crippen molar-refractivity contribution in [1.29, 1.82) is 0 Å². The van der Waals surface area contributed by atoms with E-state index in [4.69, 9.17) is 18.9 Å². The smallest absolute Gasteiger partial charge is 0.408 e. The molecule has 0 radical (unpaired) electrons. The topological polar surface area (TPSA) is 127 Å². The molecule has 0 aliphatic carbocycles. The number of hydrogen-bond donors (Lipinski definition) is 2. The number of carbonyl (C=O) groups is 3. The predicted molar refractivity (Wildman–Crippen MR) is 163 cm³/mol. The fourth-order valence-corrected chi connectivity index (χ4v) is 5.84. The zero-order valence-corrected chi connectivity index (χ0v) is 24.9. The van der Waals surface area contributed by atoms with Crippen molar-refractivity contribution in [1.82, 2.24) is 10.2 Å². The summed E-state index contributed by atoms with van der Waals surface area (Å²) in [6.07, 6.45) is -1.46. The lowest BCUT2D eigenvalue weighted by atomic mass is 9.99. The third-order valence-corrected chi connectivity index (χ3v) is 8.23. The summed E-state index contributed by atoms with van der Waals surface area (Å²) in [6.45, 7) is 3.73. The molecule has 0 saturated carbocycles. The fourth-order valence-electron chi connectivity index (χ4n) is 5.84. The van der Waals surface area contributed by atoms with Crippen LogP contribution in [0.2, 0.25) is 0 Å². The first-order valence-electron chi connectivity index (χ1n) is 15.2. The number of hydrogen-bond acceptors (Lipinski definition) is 9. The molecule has 3 aromatic carbocycles. The highest BCUT2D eigenvalue weighted by atomic mass is 16.7. The molecule has 3 saturated heterocycles. The number of anilines is 1. The quantitative estimate of drug-likeness (QED) is 0.347. The van der Waals surface area contributed by atoms with Crippen molar-refractivity contribution < 1.29 is 38.4 Å².